The zero-order valence-electron chi connectivity index (χ0n) is 19.8. The number of nitrogens with two attached hydrogens (primary N) is 1. The lowest BCUT2D eigenvalue weighted by Gasteiger charge is -2.42. The van der Waals surface area contributed by atoms with Crippen molar-refractivity contribution in [1.82, 2.24) is 14.9 Å². The van der Waals surface area contributed by atoms with Gasteiger partial charge in [-0.15, -0.1) is 0 Å². The lowest BCUT2D eigenvalue weighted by molar-refractivity contribution is 0.0879. The number of rotatable bonds is 7. The van der Waals surface area contributed by atoms with Gasteiger partial charge in [0.05, 0.1) is 24.6 Å². The third-order valence-electron chi connectivity index (χ3n) is 6.80. The predicted molar refractivity (Wildman–Crippen MR) is 140 cm³/mol. The number of fused-ring (bicyclic) bond motifs is 1. The van der Waals surface area contributed by atoms with E-state index in [4.69, 9.17) is 15.7 Å². The monoisotopic (exact) mass is 547 g/mol. The minimum absolute atomic E-state index is 0.181. The number of carbonyl (C=O) groups excluding carboxylic acids is 1. The summed E-state index contributed by atoms with van der Waals surface area (Å²) in [5, 5.41) is 15.5. The largest absolute Gasteiger partial charge is 0.495 e. The summed E-state index contributed by atoms with van der Waals surface area (Å²) in [4.78, 5) is 23.3. The summed E-state index contributed by atoms with van der Waals surface area (Å²) >= 11 is 3.50. The van der Waals surface area contributed by atoms with Crippen LogP contribution in [0.15, 0.2) is 47.1 Å². The molecule has 0 bridgehead atoms. The zero-order chi connectivity index (χ0) is 25.2. The number of amides is 1. The lowest BCUT2D eigenvalue weighted by atomic mass is 9.79. The van der Waals surface area contributed by atoms with Crippen molar-refractivity contribution >= 4 is 45.0 Å². The molecule has 0 atom stereocenters. The summed E-state index contributed by atoms with van der Waals surface area (Å²) in [6, 6.07) is 14.5. The molecule has 1 fully saturated rings. The van der Waals surface area contributed by atoms with E-state index in [0.29, 0.717) is 23.6 Å². The van der Waals surface area contributed by atoms with Gasteiger partial charge in [-0.25, -0.2) is 4.98 Å². The van der Waals surface area contributed by atoms with Crippen molar-refractivity contribution in [3.63, 3.8) is 0 Å². The van der Waals surface area contributed by atoms with E-state index in [1.165, 1.54) is 17.3 Å². The summed E-state index contributed by atoms with van der Waals surface area (Å²) in [7, 11) is 1.63. The average Bonchev–Trinajstić information content (AvgIpc) is 2.84. The summed E-state index contributed by atoms with van der Waals surface area (Å²) in [6.07, 6.45) is 4.23. The van der Waals surface area contributed by atoms with Crippen LogP contribution in [0.25, 0.3) is 0 Å². The molecule has 2 heterocycles. The van der Waals surface area contributed by atoms with E-state index in [0.717, 1.165) is 48.2 Å². The predicted octanol–water partition coefficient (Wildman–Crippen LogP) is 4.49. The van der Waals surface area contributed by atoms with Gasteiger partial charge in [-0.3, -0.25) is 9.69 Å². The van der Waals surface area contributed by atoms with Gasteiger partial charge in [-0.05, 0) is 70.6 Å². The smallest absolute Gasteiger partial charge is 0.254 e. The van der Waals surface area contributed by atoms with Crippen LogP contribution in [-0.2, 0) is 13.0 Å². The summed E-state index contributed by atoms with van der Waals surface area (Å²) in [5.74, 6) is 0.850. The highest BCUT2D eigenvalue weighted by atomic mass is 79.9. The van der Waals surface area contributed by atoms with Gasteiger partial charge < -0.3 is 21.1 Å². The van der Waals surface area contributed by atoms with E-state index in [9.17, 15) is 4.79 Å². The highest BCUT2D eigenvalue weighted by molar-refractivity contribution is 9.10. The molecule has 0 spiro atoms. The fourth-order valence-electron chi connectivity index (χ4n) is 4.71. The molecule has 5 rings (SSSR count). The highest BCUT2D eigenvalue weighted by Gasteiger charge is 2.35. The van der Waals surface area contributed by atoms with Crippen molar-refractivity contribution in [2.45, 2.75) is 31.8 Å². The molecule has 36 heavy (non-hydrogen) atoms. The van der Waals surface area contributed by atoms with Crippen LogP contribution in [0.5, 0.6) is 5.75 Å². The Hall–Kier alpha value is -3.68. The maximum absolute atomic E-state index is 12.0. The second-order valence-corrected chi connectivity index (χ2v) is 9.90. The molecule has 4 N–H and O–H groups in total. The summed E-state index contributed by atoms with van der Waals surface area (Å²) in [6.45, 7) is 1.81. The Balaban J connectivity index is 1.41. The molecule has 3 aromatic rings. The van der Waals surface area contributed by atoms with Gasteiger partial charge in [-0.1, -0.05) is 12.1 Å². The maximum atomic E-state index is 12.0. The van der Waals surface area contributed by atoms with Gasteiger partial charge in [0.15, 0.2) is 0 Å². The molecule has 1 amide bonds. The number of carbonyl (C=O) groups is 1. The van der Waals surface area contributed by atoms with E-state index in [1.54, 1.807) is 7.11 Å². The number of hydrogen-bond donors (Lipinski definition) is 3. The van der Waals surface area contributed by atoms with E-state index in [2.05, 4.69) is 59.6 Å². The standard InChI is InChI=1S/C26H26BrN7O2/c1-36-23-11-16-6-7-34(18-8-15(9-18)12-28)14-17(16)10-22(23)32-26-30-13-19(24(29)35)25(33-26)31-21-5-3-2-4-20(21)27/h2-5,10-11,13,15,18H,6-9,14H2,1H3,(H2,29,35)(H2,30,31,32,33). The summed E-state index contributed by atoms with van der Waals surface area (Å²) < 4.78 is 6.48. The van der Waals surface area contributed by atoms with Crippen molar-refractivity contribution in [1.29, 1.82) is 5.26 Å². The number of nitriles is 1. The maximum Gasteiger partial charge on any atom is 0.254 e. The van der Waals surface area contributed by atoms with Gasteiger partial charge in [0.25, 0.3) is 5.91 Å². The molecule has 0 radical (unpaired) electrons. The SMILES string of the molecule is COc1cc2c(cc1Nc1ncc(C(N)=O)c(Nc3ccccc3Br)n1)CN(C1CC(C#N)C1)CC2. The Morgan fingerprint density at radius 1 is 1.22 bits per heavy atom. The molecule has 2 aromatic carbocycles. The quantitative estimate of drug-likeness (QED) is 0.394. The topological polar surface area (TPSA) is 129 Å². The Bertz CT molecular complexity index is 1350. The van der Waals surface area contributed by atoms with E-state index < -0.39 is 5.91 Å². The van der Waals surface area contributed by atoms with Crippen molar-refractivity contribution in [3.8, 4) is 11.8 Å². The van der Waals surface area contributed by atoms with E-state index in [1.807, 2.05) is 24.3 Å². The van der Waals surface area contributed by atoms with E-state index in [-0.39, 0.29) is 11.5 Å². The number of para-hydroxylation sites is 1. The third-order valence-corrected chi connectivity index (χ3v) is 7.49. The highest BCUT2D eigenvalue weighted by Crippen LogP contribution is 2.37. The number of halogens is 1. The second-order valence-electron chi connectivity index (χ2n) is 9.04. The molecule has 184 valence electrons. The minimum atomic E-state index is -0.628. The molecule has 1 aliphatic carbocycles. The van der Waals surface area contributed by atoms with Crippen LogP contribution in [0.1, 0.15) is 34.3 Å². The molecule has 10 heteroatoms. The molecule has 0 saturated heterocycles. The number of hydrogen-bond acceptors (Lipinski definition) is 8. The molecule has 1 aliphatic heterocycles. The van der Waals surface area contributed by atoms with Gasteiger partial charge in [0.2, 0.25) is 5.95 Å². The number of ether oxygens (including phenoxy) is 1. The zero-order valence-corrected chi connectivity index (χ0v) is 21.4. The van der Waals surface area contributed by atoms with Crippen molar-refractivity contribution in [3.05, 3.63) is 63.8 Å². The number of nitrogens with one attached hydrogen (secondary N) is 2. The molecule has 1 saturated carbocycles. The van der Waals surface area contributed by atoms with E-state index >= 15 is 0 Å². The first kappa shape index (κ1) is 24.0. The molecule has 2 aliphatic rings. The Morgan fingerprint density at radius 3 is 2.75 bits per heavy atom. The molecule has 1 aromatic heterocycles. The minimum Gasteiger partial charge on any atom is -0.495 e. The van der Waals surface area contributed by atoms with Crippen LogP contribution in [0.3, 0.4) is 0 Å². The number of methoxy groups -OCH3 is 1. The van der Waals surface area contributed by atoms with Crippen LogP contribution in [0.2, 0.25) is 0 Å². The molecular formula is C26H26BrN7O2. The Labute approximate surface area is 217 Å². The number of primary amides is 1. The van der Waals surface area contributed by atoms with Gasteiger partial charge in [0.1, 0.15) is 17.1 Å². The first-order valence-electron chi connectivity index (χ1n) is 11.7. The van der Waals surface area contributed by atoms with Crippen molar-refractivity contribution in [2.24, 2.45) is 11.7 Å². The van der Waals surface area contributed by atoms with Gasteiger partial charge in [-0.2, -0.15) is 10.2 Å². The number of nitrogens with zero attached hydrogens (tertiary/aromatic N) is 4. The van der Waals surface area contributed by atoms with Crippen LogP contribution in [-0.4, -0.2) is 40.5 Å². The normalized spacial score (nSPS) is 18.9. The Kier molecular flexibility index (Phi) is 6.76. The Morgan fingerprint density at radius 2 is 2.03 bits per heavy atom. The molecule has 9 nitrogen and oxygen atoms in total. The second kappa shape index (κ2) is 10.1. The first-order chi connectivity index (χ1) is 17.4. The third kappa shape index (κ3) is 4.85. The van der Waals surface area contributed by atoms with Gasteiger partial charge in [0, 0.05) is 35.7 Å². The van der Waals surface area contributed by atoms with Crippen molar-refractivity contribution < 1.29 is 9.53 Å². The fourth-order valence-corrected chi connectivity index (χ4v) is 5.09. The molecular weight excluding hydrogens is 522 g/mol. The summed E-state index contributed by atoms with van der Waals surface area (Å²) in [5.41, 5.74) is 9.70. The van der Waals surface area contributed by atoms with Gasteiger partial charge >= 0.3 is 0 Å². The number of benzene rings is 2. The fraction of sp³-hybridized carbons (Fsp3) is 0.308. The average molecular weight is 548 g/mol. The number of aromatic nitrogens is 2. The van der Waals surface area contributed by atoms with Crippen LogP contribution >= 0.6 is 15.9 Å². The lowest BCUT2D eigenvalue weighted by Crippen LogP contribution is -2.46. The molecule has 0 unspecified atom stereocenters. The number of anilines is 4. The first-order valence-corrected chi connectivity index (χ1v) is 12.5. The van der Waals surface area contributed by atoms with Crippen LogP contribution < -0.4 is 21.1 Å². The van der Waals surface area contributed by atoms with Crippen LogP contribution in [0, 0.1) is 17.2 Å². The van der Waals surface area contributed by atoms with Crippen LogP contribution in [0.4, 0.5) is 23.1 Å². The van der Waals surface area contributed by atoms with Crippen molar-refractivity contribution in [2.75, 3.05) is 24.3 Å².